The zero-order valence-corrected chi connectivity index (χ0v) is 10.9. The number of aromatic amines is 1. The molecule has 1 aliphatic carbocycles. The summed E-state index contributed by atoms with van der Waals surface area (Å²) in [5.41, 5.74) is -1.72. The number of carboxylic acids is 1. The zero-order chi connectivity index (χ0) is 14.0. The van der Waals surface area contributed by atoms with Crippen molar-refractivity contribution in [1.29, 1.82) is 0 Å². The second-order valence-corrected chi connectivity index (χ2v) is 5.03. The molecule has 2 unspecified atom stereocenters. The van der Waals surface area contributed by atoms with Crippen LogP contribution in [0.1, 0.15) is 55.4 Å². The summed E-state index contributed by atoms with van der Waals surface area (Å²) < 4.78 is 1.40. The first-order chi connectivity index (χ1) is 9.04. The van der Waals surface area contributed by atoms with Crippen LogP contribution in [0.3, 0.4) is 0 Å². The maximum atomic E-state index is 11.9. The number of aromatic nitrogens is 2. The Kier molecular flexibility index (Phi) is 3.87. The van der Waals surface area contributed by atoms with Crippen LogP contribution in [0.4, 0.5) is 0 Å². The lowest BCUT2D eigenvalue weighted by Gasteiger charge is -2.32. The van der Waals surface area contributed by atoms with E-state index in [1.807, 2.05) is 0 Å². The Morgan fingerprint density at radius 2 is 2.11 bits per heavy atom. The Hall–Kier alpha value is -1.85. The summed E-state index contributed by atoms with van der Waals surface area (Å²) in [6.45, 7) is 2.07. The predicted molar refractivity (Wildman–Crippen MR) is 69.6 cm³/mol. The van der Waals surface area contributed by atoms with Gasteiger partial charge in [0, 0.05) is 12.2 Å². The minimum atomic E-state index is -1.31. The molecule has 1 aromatic rings. The third-order valence-corrected chi connectivity index (χ3v) is 3.95. The second kappa shape index (κ2) is 5.42. The Balaban J connectivity index is 2.49. The summed E-state index contributed by atoms with van der Waals surface area (Å²) in [7, 11) is 0. The van der Waals surface area contributed by atoms with Crippen molar-refractivity contribution in [2.45, 2.75) is 45.1 Å². The number of carbonyl (C=O) groups is 1. The van der Waals surface area contributed by atoms with E-state index in [9.17, 15) is 14.4 Å². The van der Waals surface area contributed by atoms with Crippen LogP contribution in [-0.4, -0.2) is 20.6 Å². The van der Waals surface area contributed by atoms with Crippen molar-refractivity contribution in [3.8, 4) is 0 Å². The van der Waals surface area contributed by atoms with E-state index in [-0.39, 0.29) is 11.6 Å². The average molecular weight is 266 g/mol. The molecule has 1 saturated carbocycles. The molecule has 1 heterocycles. The Morgan fingerprint density at radius 1 is 1.42 bits per heavy atom. The van der Waals surface area contributed by atoms with Gasteiger partial charge in [-0.15, -0.1) is 0 Å². The van der Waals surface area contributed by atoms with Gasteiger partial charge in [-0.05, 0) is 18.8 Å². The van der Waals surface area contributed by atoms with Crippen molar-refractivity contribution >= 4 is 5.97 Å². The van der Waals surface area contributed by atoms with Crippen molar-refractivity contribution in [2.75, 3.05) is 0 Å². The number of nitrogens with zero attached hydrogens (tertiary/aromatic N) is 1. The van der Waals surface area contributed by atoms with Gasteiger partial charge in [0.1, 0.15) is 5.56 Å². The number of rotatable bonds is 3. The molecule has 104 valence electrons. The highest BCUT2D eigenvalue weighted by molar-refractivity contribution is 5.86. The molecular formula is C13H18N2O4. The average Bonchev–Trinajstić information content (AvgIpc) is 2.38. The minimum Gasteiger partial charge on any atom is -0.477 e. The highest BCUT2D eigenvalue weighted by atomic mass is 16.4. The van der Waals surface area contributed by atoms with E-state index in [4.69, 9.17) is 5.11 Å². The van der Waals surface area contributed by atoms with Crippen LogP contribution in [0.25, 0.3) is 0 Å². The van der Waals surface area contributed by atoms with E-state index in [1.54, 1.807) is 0 Å². The largest absolute Gasteiger partial charge is 0.477 e. The summed E-state index contributed by atoms with van der Waals surface area (Å²) in [6, 6.07) is -0.0128. The summed E-state index contributed by atoms with van der Waals surface area (Å²) in [6.07, 6.45) is 6.19. The topological polar surface area (TPSA) is 92.2 Å². The quantitative estimate of drug-likeness (QED) is 0.864. The lowest BCUT2D eigenvalue weighted by Crippen LogP contribution is -2.38. The molecule has 6 nitrogen and oxygen atoms in total. The number of hydrogen-bond acceptors (Lipinski definition) is 3. The van der Waals surface area contributed by atoms with Crippen molar-refractivity contribution in [3.05, 3.63) is 32.6 Å². The van der Waals surface area contributed by atoms with E-state index in [0.29, 0.717) is 5.92 Å². The molecule has 1 aliphatic rings. The van der Waals surface area contributed by atoms with Gasteiger partial charge in [0.05, 0.1) is 0 Å². The van der Waals surface area contributed by atoms with Gasteiger partial charge in [-0.2, -0.15) is 0 Å². The maximum absolute atomic E-state index is 11.9. The fourth-order valence-corrected chi connectivity index (χ4v) is 2.91. The van der Waals surface area contributed by atoms with Crippen LogP contribution < -0.4 is 11.2 Å². The van der Waals surface area contributed by atoms with Gasteiger partial charge < -0.3 is 5.11 Å². The number of H-pyrrole nitrogens is 1. The molecule has 2 atom stereocenters. The van der Waals surface area contributed by atoms with E-state index in [1.165, 1.54) is 10.8 Å². The van der Waals surface area contributed by atoms with Gasteiger partial charge in [0.25, 0.3) is 5.56 Å². The number of nitrogens with one attached hydrogen (secondary N) is 1. The lowest BCUT2D eigenvalue weighted by molar-refractivity contribution is 0.0692. The van der Waals surface area contributed by atoms with Crippen LogP contribution >= 0.6 is 0 Å². The first-order valence-electron chi connectivity index (χ1n) is 6.63. The number of carboxylic acid groups (broad SMARTS) is 1. The molecular weight excluding hydrogens is 248 g/mol. The number of hydrogen-bond donors (Lipinski definition) is 2. The molecule has 1 aromatic heterocycles. The van der Waals surface area contributed by atoms with Crippen molar-refractivity contribution in [3.63, 3.8) is 0 Å². The van der Waals surface area contributed by atoms with E-state index >= 15 is 0 Å². The molecule has 0 saturated heterocycles. The van der Waals surface area contributed by atoms with Crippen LogP contribution in [0.15, 0.2) is 15.8 Å². The minimum absolute atomic E-state index is 0.0128. The summed E-state index contributed by atoms with van der Waals surface area (Å²) in [4.78, 5) is 36.4. The van der Waals surface area contributed by atoms with Gasteiger partial charge in [0.15, 0.2) is 0 Å². The molecule has 19 heavy (non-hydrogen) atoms. The van der Waals surface area contributed by atoms with Crippen LogP contribution in [0.5, 0.6) is 0 Å². The molecule has 2 rings (SSSR count). The molecule has 0 bridgehead atoms. The fourth-order valence-electron chi connectivity index (χ4n) is 2.91. The Morgan fingerprint density at radius 3 is 2.74 bits per heavy atom. The van der Waals surface area contributed by atoms with Crippen LogP contribution in [-0.2, 0) is 0 Å². The molecule has 0 radical (unpaired) electrons. The van der Waals surface area contributed by atoms with E-state index in [0.717, 1.165) is 32.1 Å². The smallest absolute Gasteiger partial charge is 0.342 e. The van der Waals surface area contributed by atoms with Gasteiger partial charge in [-0.1, -0.05) is 26.2 Å². The Labute approximate surface area is 110 Å². The molecule has 0 amide bonds. The first-order valence-corrected chi connectivity index (χ1v) is 6.63. The van der Waals surface area contributed by atoms with Crippen molar-refractivity contribution in [1.82, 2.24) is 9.55 Å². The van der Waals surface area contributed by atoms with Gasteiger partial charge in [-0.25, -0.2) is 9.59 Å². The SMILES string of the molecule is CCC1CCCCC1n1cc(C(=O)O)c(=O)[nH]c1=O. The summed E-state index contributed by atoms with van der Waals surface area (Å²) >= 11 is 0. The van der Waals surface area contributed by atoms with Gasteiger partial charge >= 0.3 is 11.7 Å². The third-order valence-electron chi connectivity index (χ3n) is 3.95. The van der Waals surface area contributed by atoms with Crippen molar-refractivity contribution in [2.24, 2.45) is 5.92 Å². The fraction of sp³-hybridized carbons (Fsp3) is 0.615. The summed E-state index contributed by atoms with van der Waals surface area (Å²) in [5, 5.41) is 8.97. The van der Waals surface area contributed by atoms with E-state index in [2.05, 4.69) is 11.9 Å². The standard InChI is InChI=1S/C13H18N2O4/c1-2-8-5-3-4-6-10(8)15-7-9(12(17)18)11(16)14-13(15)19/h7-8,10H,2-6H2,1H3,(H,17,18)(H,14,16,19). The molecule has 2 N–H and O–H groups in total. The maximum Gasteiger partial charge on any atom is 0.342 e. The highest BCUT2D eigenvalue weighted by Crippen LogP contribution is 2.34. The van der Waals surface area contributed by atoms with E-state index < -0.39 is 17.2 Å². The molecule has 0 aliphatic heterocycles. The molecule has 1 fully saturated rings. The monoisotopic (exact) mass is 266 g/mol. The predicted octanol–water partition coefficient (Wildman–Crippen LogP) is 1.38. The number of aromatic carboxylic acids is 1. The van der Waals surface area contributed by atoms with Gasteiger partial charge in [-0.3, -0.25) is 14.3 Å². The lowest BCUT2D eigenvalue weighted by atomic mass is 9.82. The normalized spacial score (nSPS) is 23.2. The summed E-state index contributed by atoms with van der Waals surface area (Å²) in [5.74, 6) is -0.946. The molecule has 6 heteroatoms. The van der Waals surface area contributed by atoms with Crippen molar-refractivity contribution < 1.29 is 9.90 Å². The molecule has 0 spiro atoms. The first kappa shape index (κ1) is 13.6. The van der Waals surface area contributed by atoms with Crippen LogP contribution in [0.2, 0.25) is 0 Å². The zero-order valence-electron chi connectivity index (χ0n) is 10.9. The Bertz CT molecular complexity index is 587. The van der Waals surface area contributed by atoms with Crippen LogP contribution in [0, 0.1) is 5.92 Å². The highest BCUT2D eigenvalue weighted by Gasteiger charge is 2.27. The molecule has 0 aromatic carbocycles. The second-order valence-electron chi connectivity index (χ2n) is 5.03. The van der Waals surface area contributed by atoms with Gasteiger partial charge in [0.2, 0.25) is 0 Å². The third kappa shape index (κ3) is 2.62.